The summed E-state index contributed by atoms with van der Waals surface area (Å²) in [7, 11) is 1.57. The number of hydrogen-bond acceptors (Lipinski definition) is 11. The maximum Gasteiger partial charge on any atom is 0.273 e. The summed E-state index contributed by atoms with van der Waals surface area (Å²) in [6.45, 7) is 2.53. The summed E-state index contributed by atoms with van der Waals surface area (Å²) < 4.78 is 16.3. The highest BCUT2D eigenvalue weighted by molar-refractivity contribution is 7.14. The first-order valence-corrected chi connectivity index (χ1v) is 10.8. The van der Waals surface area contributed by atoms with Crippen LogP contribution in [0.25, 0.3) is 11.4 Å². The smallest absolute Gasteiger partial charge is 0.273 e. The second-order valence-electron chi connectivity index (χ2n) is 5.91. The van der Waals surface area contributed by atoms with Crippen molar-refractivity contribution in [2.45, 2.75) is 6.42 Å². The molecule has 0 bridgehead atoms. The van der Waals surface area contributed by atoms with E-state index in [0.29, 0.717) is 30.0 Å². The van der Waals surface area contributed by atoms with Gasteiger partial charge in [0.15, 0.2) is 11.1 Å². The van der Waals surface area contributed by atoms with E-state index in [0.717, 1.165) is 42.0 Å². The highest BCUT2D eigenvalue weighted by Gasteiger charge is 2.12. The molecular weight excluding hydrogens is 412 g/mol. The maximum atomic E-state index is 5.67. The zero-order valence-electron chi connectivity index (χ0n) is 15.8. The summed E-state index contributed by atoms with van der Waals surface area (Å²) >= 11 is 2.95. The molecule has 0 atom stereocenters. The minimum atomic E-state index is 0.383. The number of aliphatic imine (C=N–C) groups is 1. The van der Waals surface area contributed by atoms with Crippen LogP contribution in [-0.4, -0.2) is 54.3 Å². The Morgan fingerprint density at radius 3 is 2.76 bits per heavy atom. The first-order valence-electron chi connectivity index (χ1n) is 9.02. The molecule has 0 saturated carbocycles. The van der Waals surface area contributed by atoms with Gasteiger partial charge in [0.25, 0.3) is 5.19 Å². The lowest BCUT2D eigenvalue weighted by molar-refractivity contribution is 0.216. The largest absolute Gasteiger partial charge is 0.488 e. The molecule has 0 saturated heterocycles. The number of anilines is 1. The van der Waals surface area contributed by atoms with Gasteiger partial charge in [-0.15, -0.1) is 11.3 Å². The van der Waals surface area contributed by atoms with E-state index in [9.17, 15) is 0 Å². The molecule has 0 aliphatic carbocycles. The van der Waals surface area contributed by atoms with Gasteiger partial charge in [-0.1, -0.05) is 11.3 Å². The highest BCUT2D eigenvalue weighted by atomic mass is 32.1. The first-order chi connectivity index (χ1) is 14.3. The van der Waals surface area contributed by atoms with E-state index < -0.39 is 0 Å². The van der Waals surface area contributed by atoms with Crippen LogP contribution in [0.15, 0.2) is 34.1 Å². The summed E-state index contributed by atoms with van der Waals surface area (Å²) in [5.41, 5.74) is 1.59. The van der Waals surface area contributed by atoms with E-state index in [-0.39, 0.29) is 0 Å². The van der Waals surface area contributed by atoms with Crippen LogP contribution in [0.4, 0.5) is 5.13 Å². The minimum absolute atomic E-state index is 0.383. The molecule has 0 amide bonds. The Morgan fingerprint density at radius 2 is 1.97 bits per heavy atom. The normalized spacial score (nSPS) is 13.3. The van der Waals surface area contributed by atoms with Crippen LogP contribution in [0.3, 0.4) is 0 Å². The van der Waals surface area contributed by atoms with Crippen molar-refractivity contribution in [3.05, 3.63) is 29.1 Å². The third-order valence-electron chi connectivity index (χ3n) is 3.87. The van der Waals surface area contributed by atoms with Crippen molar-refractivity contribution in [2.24, 2.45) is 4.99 Å². The van der Waals surface area contributed by atoms with Crippen molar-refractivity contribution in [3.63, 3.8) is 0 Å². The fraction of sp³-hybridized carbons (Fsp3) is 0.333. The van der Waals surface area contributed by atoms with Crippen LogP contribution in [0, 0.1) is 0 Å². The van der Waals surface area contributed by atoms with Gasteiger partial charge in [-0.05, 0) is 12.5 Å². The molecule has 4 heterocycles. The van der Waals surface area contributed by atoms with Gasteiger partial charge in [0, 0.05) is 29.9 Å². The number of aromatic nitrogens is 3. The fourth-order valence-corrected chi connectivity index (χ4v) is 3.86. The average Bonchev–Trinajstić information content (AvgIpc) is 3.42. The molecule has 2 N–H and O–H groups in total. The Morgan fingerprint density at radius 1 is 1.10 bits per heavy atom. The SMILES string of the molecule is COc1ccc(OCCOc2nc(-c3csc(NC4=NCCCN4)n3)cs2)cn1. The zero-order chi connectivity index (χ0) is 19.9. The lowest BCUT2D eigenvalue weighted by atomic mass is 10.4. The van der Waals surface area contributed by atoms with Crippen LogP contribution in [0.5, 0.6) is 16.8 Å². The van der Waals surface area contributed by atoms with Gasteiger partial charge in [0.1, 0.15) is 30.4 Å². The Labute approximate surface area is 175 Å². The molecule has 1 aliphatic rings. The number of ether oxygens (including phenoxy) is 3. The van der Waals surface area contributed by atoms with E-state index in [1.807, 2.05) is 10.8 Å². The van der Waals surface area contributed by atoms with E-state index in [4.69, 9.17) is 14.2 Å². The summed E-state index contributed by atoms with van der Waals surface area (Å²) in [5.74, 6) is 1.98. The summed E-state index contributed by atoms with van der Waals surface area (Å²) in [4.78, 5) is 17.5. The number of nitrogens with one attached hydrogen (secondary N) is 2. The van der Waals surface area contributed by atoms with Gasteiger partial charge in [-0.3, -0.25) is 4.99 Å². The van der Waals surface area contributed by atoms with Crippen LogP contribution in [-0.2, 0) is 0 Å². The summed E-state index contributed by atoms with van der Waals surface area (Å²) in [5, 5.41) is 11.7. The Bertz CT molecular complexity index is 957. The maximum absolute atomic E-state index is 5.67. The number of hydrogen-bond donors (Lipinski definition) is 2. The summed E-state index contributed by atoms with van der Waals surface area (Å²) in [6, 6.07) is 3.55. The summed E-state index contributed by atoms with van der Waals surface area (Å²) in [6.07, 6.45) is 2.67. The molecule has 3 aromatic rings. The third kappa shape index (κ3) is 5.33. The standard InChI is InChI=1S/C18H20N6O3S2/c1-25-15-4-3-12(9-21-15)26-7-8-27-18-23-14(11-29-18)13-10-28-17(22-13)24-16-19-5-2-6-20-16/h3-4,9-11H,2,5-8H2,1H3,(H2,19,20,22,24). The van der Waals surface area contributed by atoms with Gasteiger partial charge in [-0.25, -0.2) is 15.0 Å². The van der Waals surface area contributed by atoms with E-state index >= 15 is 0 Å². The van der Waals surface area contributed by atoms with Crippen molar-refractivity contribution < 1.29 is 14.2 Å². The quantitative estimate of drug-likeness (QED) is 0.524. The monoisotopic (exact) mass is 432 g/mol. The highest BCUT2D eigenvalue weighted by Crippen LogP contribution is 2.29. The van der Waals surface area contributed by atoms with Crippen LogP contribution in [0.2, 0.25) is 0 Å². The lowest BCUT2D eigenvalue weighted by Crippen LogP contribution is -2.35. The molecule has 0 spiro atoms. The number of nitrogens with zero attached hydrogens (tertiary/aromatic N) is 4. The lowest BCUT2D eigenvalue weighted by Gasteiger charge is -2.13. The molecule has 0 radical (unpaired) electrons. The Hall–Kier alpha value is -2.92. The average molecular weight is 433 g/mol. The number of rotatable bonds is 8. The van der Waals surface area contributed by atoms with E-state index in [2.05, 4.69) is 30.6 Å². The molecule has 9 nitrogen and oxygen atoms in total. The molecule has 152 valence electrons. The molecule has 0 unspecified atom stereocenters. The van der Waals surface area contributed by atoms with Gasteiger partial charge in [-0.2, -0.15) is 0 Å². The number of thiazole rings is 2. The fourth-order valence-electron chi connectivity index (χ4n) is 2.47. The van der Waals surface area contributed by atoms with Crippen LogP contribution in [0.1, 0.15) is 6.42 Å². The molecule has 29 heavy (non-hydrogen) atoms. The topological polar surface area (TPSA) is 103 Å². The van der Waals surface area contributed by atoms with Gasteiger partial charge < -0.3 is 24.8 Å². The molecule has 0 aromatic carbocycles. The molecule has 1 aliphatic heterocycles. The van der Waals surface area contributed by atoms with Gasteiger partial charge in [0.05, 0.1) is 13.3 Å². The van der Waals surface area contributed by atoms with Crippen molar-refractivity contribution in [2.75, 3.05) is 38.7 Å². The Kier molecular flexibility index (Phi) is 6.37. The van der Waals surface area contributed by atoms with E-state index in [1.54, 1.807) is 25.4 Å². The van der Waals surface area contributed by atoms with Crippen molar-refractivity contribution in [1.29, 1.82) is 0 Å². The Balaban J connectivity index is 1.25. The van der Waals surface area contributed by atoms with Gasteiger partial charge >= 0.3 is 0 Å². The molecule has 11 heteroatoms. The molecule has 3 aromatic heterocycles. The second kappa shape index (κ2) is 9.52. The number of pyridine rings is 1. The van der Waals surface area contributed by atoms with E-state index in [1.165, 1.54) is 22.7 Å². The van der Waals surface area contributed by atoms with Crippen molar-refractivity contribution in [1.82, 2.24) is 20.3 Å². The first kappa shape index (κ1) is 19.4. The molecule has 0 fully saturated rings. The van der Waals surface area contributed by atoms with Crippen molar-refractivity contribution in [3.8, 4) is 28.2 Å². The number of guanidine groups is 1. The molecular formula is C18H20N6O3S2. The van der Waals surface area contributed by atoms with Gasteiger partial charge in [0.2, 0.25) is 5.88 Å². The van der Waals surface area contributed by atoms with Crippen molar-refractivity contribution >= 4 is 33.8 Å². The zero-order valence-corrected chi connectivity index (χ0v) is 17.4. The van der Waals surface area contributed by atoms with Crippen LogP contribution >= 0.6 is 22.7 Å². The van der Waals surface area contributed by atoms with Crippen LogP contribution < -0.4 is 24.8 Å². The predicted octanol–water partition coefficient (Wildman–Crippen LogP) is 2.89. The second-order valence-corrected chi connectivity index (χ2v) is 7.58. The third-order valence-corrected chi connectivity index (χ3v) is 5.38. The predicted molar refractivity (Wildman–Crippen MR) is 114 cm³/mol. The minimum Gasteiger partial charge on any atom is -0.488 e. The molecule has 4 rings (SSSR count). The number of methoxy groups -OCH3 is 1.